The molecule has 28 heavy (non-hydrogen) atoms. The summed E-state index contributed by atoms with van der Waals surface area (Å²) in [6, 6.07) is 21.9. The molecule has 1 heterocycles. The fourth-order valence-corrected chi connectivity index (χ4v) is 3.78. The van der Waals surface area contributed by atoms with Crippen LogP contribution < -0.4 is 10.2 Å². The maximum absolute atomic E-state index is 12.5. The number of benzene rings is 3. The van der Waals surface area contributed by atoms with E-state index in [1.165, 1.54) is 16.3 Å². The largest absolute Gasteiger partial charge is 0.508 e. The predicted octanol–water partition coefficient (Wildman–Crippen LogP) is 3.62. The van der Waals surface area contributed by atoms with Crippen molar-refractivity contribution in [3.05, 3.63) is 72.3 Å². The molecule has 0 saturated carbocycles. The zero-order valence-electron chi connectivity index (χ0n) is 15.8. The lowest BCUT2D eigenvalue weighted by Crippen LogP contribution is -2.52. The molecule has 3 aromatic carbocycles. The van der Waals surface area contributed by atoms with E-state index >= 15 is 0 Å². The van der Waals surface area contributed by atoms with E-state index in [-0.39, 0.29) is 11.8 Å². The molecule has 2 N–H and O–H groups in total. The van der Waals surface area contributed by atoms with Crippen molar-refractivity contribution in [3.8, 4) is 5.75 Å². The summed E-state index contributed by atoms with van der Waals surface area (Å²) < 4.78 is 0. The van der Waals surface area contributed by atoms with Crippen LogP contribution in [0.3, 0.4) is 0 Å². The first-order valence-electron chi connectivity index (χ1n) is 9.74. The molecule has 1 aliphatic heterocycles. The Kier molecular flexibility index (Phi) is 5.33. The Balaban J connectivity index is 1.28. The van der Waals surface area contributed by atoms with Crippen molar-refractivity contribution in [2.24, 2.45) is 0 Å². The molecule has 0 unspecified atom stereocenters. The second-order valence-corrected chi connectivity index (χ2v) is 7.11. The summed E-state index contributed by atoms with van der Waals surface area (Å²) in [4.78, 5) is 16.6. The minimum Gasteiger partial charge on any atom is -0.508 e. The van der Waals surface area contributed by atoms with Crippen molar-refractivity contribution < 1.29 is 9.90 Å². The van der Waals surface area contributed by atoms with Gasteiger partial charge in [-0.05, 0) is 34.9 Å². The second kappa shape index (κ2) is 8.21. The molecule has 1 aliphatic rings. The standard InChI is InChI=1S/C23H25N3O2/c27-21-9-4-8-20(17-21)25-13-15-26(16-14-25)23(28)24-12-11-19-7-3-6-18-5-1-2-10-22(18)19/h1-10,17,27H,11-16H2,(H,24,28). The molecule has 0 atom stereocenters. The Morgan fingerprint density at radius 3 is 2.50 bits per heavy atom. The fourth-order valence-electron chi connectivity index (χ4n) is 3.78. The molecular formula is C23H25N3O2. The van der Waals surface area contributed by atoms with E-state index in [0.717, 1.165) is 25.2 Å². The molecule has 0 radical (unpaired) electrons. The number of piperazine rings is 1. The smallest absolute Gasteiger partial charge is 0.317 e. The van der Waals surface area contributed by atoms with Gasteiger partial charge in [0, 0.05) is 44.5 Å². The fraction of sp³-hybridized carbons (Fsp3) is 0.261. The molecule has 0 spiro atoms. The van der Waals surface area contributed by atoms with E-state index in [0.29, 0.717) is 19.6 Å². The number of phenols is 1. The van der Waals surface area contributed by atoms with Crippen LogP contribution in [0.4, 0.5) is 10.5 Å². The molecule has 0 aromatic heterocycles. The van der Waals surface area contributed by atoms with E-state index in [1.54, 1.807) is 12.1 Å². The van der Waals surface area contributed by atoms with Crippen LogP contribution >= 0.6 is 0 Å². The molecule has 144 valence electrons. The predicted molar refractivity (Wildman–Crippen MR) is 113 cm³/mol. The molecule has 1 fully saturated rings. The summed E-state index contributed by atoms with van der Waals surface area (Å²) in [5.41, 5.74) is 2.25. The number of nitrogens with one attached hydrogen (secondary N) is 1. The van der Waals surface area contributed by atoms with Crippen LogP contribution in [0.2, 0.25) is 0 Å². The summed E-state index contributed by atoms with van der Waals surface area (Å²) in [7, 11) is 0. The Morgan fingerprint density at radius 2 is 1.68 bits per heavy atom. The van der Waals surface area contributed by atoms with Gasteiger partial charge >= 0.3 is 6.03 Å². The molecule has 4 rings (SSSR count). The number of anilines is 1. The molecule has 0 aliphatic carbocycles. The third-order valence-electron chi connectivity index (χ3n) is 5.31. The van der Waals surface area contributed by atoms with E-state index < -0.39 is 0 Å². The van der Waals surface area contributed by atoms with Gasteiger partial charge in [0.1, 0.15) is 5.75 Å². The summed E-state index contributed by atoms with van der Waals surface area (Å²) >= 11 is 0. The number of aromatic hydroxyl groups is 1. The lowest BCUT2D eigenvalue weighted by Gasteiger charge is -2.36. The van der Waals surface area contributed by atoms with Crippen LogP contribution in [0.15, 0.2) is 66.7 Å². The number of hydrogen-bond acceptors (Lipinski definition) is 3. The Morgan fingerprint density at radius 1 is 0.929 bits per heavy atom. The Hall–Kier alpha value is -3.21. The van der Waals surface area contributed by atoms with Crippen LogP contribution in [0.1, 0.15) is 5.56 Å². The maximum atomic E-state index is 12.5. The minimum atomic E-state index is -0.00389. The van der Waals surface area contributed by atoms with Gasteiger partial charge in [-0.2, -0.15) is 0 Å². The number of urea groups is 1. The molecule has 3 aromatic rings. The van der Waals surface area contributed by atoms with Gasteiger partial charge in [0.25, 0.3) is 0 Å². The summed E-state index contributed by atoms with van der Waals surface area (Å²) in [6.45, 7) is 3.51. The highest BCUT2D eigenvalue weighted by Crippen LogP contribution is 2.21. The number of carbonyl (C=O) groups is 1. The highest BCUT2D eigenvalue weighted by Gasteiger charge is 2.21. The zero-order chi connectivity index (χ0) is 19.3. The third-order valence-corrected chi connectivity index (χ3v) is 5.31. The highest BCUT2D eigenvalue weighted by molar-refractivity contribution is 5.85. The summed E-state index contributed by atoms with van der Waals surface area (Å²) in [6.07, 6.45) is 0.816. The summed E-state index contributed by atoms with van der Waals surface area (Å²) in [5, 5.41) is 15.2. The Bertz CT molecular complexity index is 959. The number of nitrogens with zero attached hydrogens (tertiary/aromatic N) is 2. The monoisotopic (exact) mass is 375 g/mol. The first-order chi connectivity index (χ1) is 13.7. The molecule has 0 bridgehead atoms. The first kappa shape index (κ1) is 18.2. The number of fused-ring (bicyclic) bond motifs is 1. The van der Waals surface area contributed by atoms with Crippen LogP contribution in [0, 0.1) is 0 Å². The van der Waals surface area contributed by atoms with Crippen LogP contribution in [-0.4, -0.2) is 48.8 Å². The normalized spacial score (nSPS) is 14.3. The summed E-state index contributed by atoms with van der Waals surface area (Å²) in [5.74, 6) is 0.270. The minimum absolute atomic E-state index is 0.00389. The van der Waals surface area contributed by atoms with Gasteiger partial charge in [-0.3, -0.25) is 0 Å². The van der Waals surface area contributed by atoms with E-state index in [9.17, 15) is 9.90 Å². The van der Waals surface area contributed by atoms with Gasteiger partial charge < -0.3 is 20.2 Å². The van der Waals surface area contributed by atoms with Crippen molar-refractivity contribution in [2.45, 2.75) is 6.42 Å². The average molecular weight is 375 g/mol. The van der Waals surface area contributed by atoms with E-state index in [2.05, 4.69) is 46.6 Å². The van der Waals surface area contributed by atoms with Gasteiger partial charge in [0.05, 0.1) is 0 Å². The lowest BCUT2D eigenvalue weighted by atomic mass is 10.0. The van der Waals surface area contributed by atoms with Crippen LogP contribution in [0.25, 0.3) is 10.8 Å². The van der Waals surface area contributed by atoms with Crippen molar-refractivity contribution in [3.63, 3.8) is 0 Å². The number of rotatable bonds is 4. The van der Waals surface area contributed by atoms with Crippen molar-refractivity contribution >= 4 is 22.5 Å². The van der Waals surface area contributed by atoms with Crippen molar-refractivity contribution in [1.29, 1.82) is 0 Å². The van der Waals surface area contributed by atoms with Crippen molar-refractivity contribution in [2.75, 3.05) is 37.6 Å². The number of hydrogen-bond donors (Lipinski definition) is 2. The van der Waals surface area contributed by atoms with E-state index in [4.69, 9.17) is 0 Å². The molecule has 5 heteroatoms. The molecule has 5 nitrogen and oxygen atoms in total. The molecule has 1 saturated heterocycles. The Labute approximate surface area is 165 Å². The van der Waals surface area contributed by atoms with Crippen molar-refractivity contribution in [1.82, 2.24) is 10.2 Å². The van der Waals surface area contributed by atoms with Crippen LogP contribution in [0.5, 0.6) is 5.75 Å². The van der Waals surface area contributed by atoms with Gasteiger partial charge in [0.2, 0.25) is 0 Å². The van der Waals surface area contributed by atoms with Crippen LogP contribution in [-0.2, 0) is 6.42 Å². The van der Waals surface area contributed by atoms with E-state index in [1.807, 2.05) is 23.1 Å². The third kappa shape index (κ3) is 4.03. The number of amides is 2. The van der Waals surface area contributed by atoms with Gasteiger partial charge in [-0.15, -0.1) is 0 Å². The van der Waals surface area contributed by atoms with Gasteiger partial charge in [0.15, 0.2) is 0 Å². The maximum Gasteiger partial charge on any atom is 0.317 e. The van der Waals surface area contributed by atoms with Gasteiger partial charge in [-0.1, -0.05) is 48.5 Å². The number of carbonyl (C=O) groups excluding carboxylic acids is 1. The van der Waals surface area contributed by atoms with Gasteiger partial charge in [-0.25, -0.2) is 4.79 Å². The second-order valence-electron chi connectivity index (χ2n) is 7.11. The zero-order valence-corrected chi connectivity index (χ0v) is 15.8. The highest BCUT2D eigenvalue weighted by atomic mass is 16.3. The topological polar surface area (TPSA) is 55.8 Å². The molecular weight excluding hydrogens is 350 g/mol. The average Bonchev–Trinajstić information content (AvgIpc) is 2.74. The molecule has 2 amide bonds. The lowest BCUT2D eigenvalue weighted by molar-refractivity contribution is 0.194. The number of phenolic OH excluding ortho intramolecular Hbond substituents is 1. The quantitative estimate of drug-likeness (QED) is 0.732. The first-order valence-corrected chi connectivity index (χ1v) is 9.74. The SMILES string of the molecule is O=C(NCCc1cccc2ccccc12)N1CCN(c2cccc(O)c2)CC1.